The zero-order valence-corrected chi connectivity index (χ0v) is 14.7. The summed E-state index contributed by atoms with van der Waals surface area (Å²) >= 11 is 1.53. The smallest absolute Gasteiger partial charge is 0.225 e. The molecule has 0 aliphatic carbocycles. The van der Waals surface area contributed by atoms with Crippen LogP contribution in [0.25, 0.3) is 0 Å². The van der Waals surface area contributed by atoms with Gasteiger partial charge in [-0.1, -0.05) is 30.3 Å². The summed E-state index contributed by atoms with van der Waals surface area (Å²) in [6, 6.07) is 9.89. The van der Waals surface area contributed by atoms with Gasteiger partial charge in [0.2, 0.25) is 11.8 Å². The van der Waals surface area contributed by atoms with Crippen LogP contribution in [0.2, 0.25) is 0 Å². The molecule has 1 saturated heterocycles. The van der Waals surface area contributed by atoms with Gasteiger partial charge in [0.25, 0.3) is 0 Å². The highest BCUT2D eigenvalue weighted by Crippen LogP contribution is 2.28. The maximum Gasteiger partial charge on any atom is 0.225 e. The lowest BCUT2D eigenvalue weighted by molar-refractivity contribution is -0.130. The number of hydrogen-bond donors (Lipinski definition) is 1. The number of nitrogens with zero attached hydrogens (tertiary/aromatic N) is 2. The third-order valence-corrected chi connectivity index (χ3v) is 5.33. The van der Waals surface area contributed by atoms with Crippen molar-refractivity contribution in [2.75, 3.05) is 6.54 Å². The minimum Gasteiger partial charge on any atom is -0.349 e. The zero-order chi connectivity index (χ0) is 17.1. The van der Waals surface area contributed by atoms with Crippen molar-refractivity contribution in [2.24, 2.45) is 5.92 Å². The largest absolute Gasteiger partial charge is 0.349 e. The lowest BCUT2D eigenvalue weighted by Gasteiger charge is -2.25. The van der Waals surface area contributed by atoms with Crippen LogP contribution in [0.15, 0.2) is 35.7 Å². The molecule has 1 N–H and O–H groups in total. The number of amides is 2. The van der Waals surface area contributed by atoms with Crippen molar-refractivity contribution in [3.05, 3.63) is 52.0 Å². The number of hydrogen-bond acceptors (Lipinski definition) is 4. The summed E-state index contributed by atoms with van der Waals surface area (Å²) < 4.78 is 0. The van der Waals surface area contributed by atoms with Crippen LogP contribution in [0.4, 0.5) is 0 Å². The molecule has 1 aliphatic heterocycles. The minimum atomic E-state index is -0.287. The van der Waals surface area contributed by atoms with Gasteiger partial charge in [0.05, 0.1) is 18.5 Å². The maximum atomic E-state index is 12.4. The van der Waals surface area contributed by atoms with Crippen LogP contribution in [0.3, 0.4) is 0 Å². The molecule has 1 fully saturated rings. The van der Waals surface area contributed by atoms with E-state index in [4.69, 9.17) is 0 Å². The van der Waals surface area contributed by atoms with Crippen LogP contribution < -0.4 is 5.32 Å². The summed E-state index contributed by atoms with van der Waals surface area (Å²) in [4.78, 5) is 30.8. The van der Waals surface area contributed by atoms with Gasteiger partial charge in [-0.15, -0.1) is 11.3 Å². The molecule has 2 aromatic rings. The third kappa shape index (κ3) is 3.64. The van der Waals surface area contributed by atoms with Crippen molar-refractivity contribution in [1.29, 1.82) is 0 Å². The van der Waals surface area contributed by atoms with Crippen LogP contribution in [0.1, 0.15) is 35.7 Å². The monoisotopic (exact) mass is 343 g/mol. The summed E-state index contributed by atoms with van der Waals surface area (Å²) in [5, 5.41) is 5.75. The molecule has 1 aromatic carbocycles. The summed E-state index contributed by atoms with van der Waals surface area (Å²) in [7, 11) is 0. The molecule has 0 spiro atoms. The first-order valence-corrected chi connectivity index (χ1v) is 8.95. The quantitative estimate of drug-likeness (QED) is 0.908. The molecule has 6 heteroatoms. The van der Waals surface area contributed by atoms with Crippen molar-refractivity contribution < 1.29 is 9.59 Å². The van der Waals surface area contributed by atoms with Crippen molar-refractivity contribution in [3.63, 3.8) is 0 Å². The summed E-state index contributed by atoms with van der Waals surface area (Å²) in [6.07, 6.45) is 0.278. The fraction of sp³-hybridized carbons (Fsp3) is 0.389. The van der Waals surface area contributed by atoms with Gasteiger partial charge in [0.15, 0.2) is 0 Å². The van der Waals surface area contributed by atoms with Gasteiger partial charge < -0.3 is 10.2 Å². The van der Waals surface area contributed by atoms with Crippen LogP contribution in [0, 0.1) is 12.8 Å². The number of carbonyl (C=O) groups is 2. The molecule has 0 saturated carbocycles. The Bertz CT molecular complexity index is 729. The number of thiazole rings is 1. The average molecular weight is 343 g/mol. The van der Waals surface area contributed by atoms with Crippen molar-refractivity contribution in [2.45, 2.75) is 32.9 Å². The van der Waals surface area contributed by atoms with Gasteiger partial charge in [-0.2, -0.15) is 0 Å². The van der Waals surface area contributed by atoms with Gasteiger partial charge in [0, 0.05) is 24.0 Å². The van der Waals surface area contributed by atoms with Gasteiger partial charge in [-0.25, -0.2) is 4.98 Å². The van der Waals surface area contributed by atoms with Crippen LogP contribution in [0.5, 0.6) is 0 Å². The van der Waals surface area contributed by atoms with Crippen molar-refractivity contribution in [3.8, 4) is 0 Å². The fourth-order valence-electron chi connectivity index (χ4n) is 2.98. The molecule has 0 bridgehead atoms. The molecule has 2 heterocycles. The molecule has 2 unspecified atom stereocenters. The van der Waals surface area contributed by atoms with Gasteiger partial charge in [0.1, 0.15) is 5.01 Å². The molecular weight excluding hydrogens is 322 g/mol. The number of aromatic nitrogens is 1. The summed E-state index contributed by atoms with van der Waals surface area (Å²) in [6.45, 7) is 4.83. The predicted octanol–water partition coefficient (Wildman–Crippen LogP) is 2.68. The van der Waals surface area contributed by atoms with E-state index in [-0.39, 0.29) is 30.2 Å². The van der Waals surface area contributed by atoms with E-state index in [1.165, 1.54) is 11.3 Å². The van der Waals surface area contributed by atoms with E-state index in [0.717, 1.165) is 16.3 Å². The molecule has 2 amide bonds. The topological polar surface area (TPSA) is 62.3 Å². The zero-order valence-electron chi connectivity index (χ0n) is 13.9. The molecule has 0 radical (unpaired) electrons. The first-order valence-electron chi connectivity index (χ1n) is 8.07. The van der Waals surface area contributed by atoms with Crippen LogP contribution in [-0.4, -0.2) is 28.2 Å². The van der Waals surface area contributed by atoms with Gasteiger partial charge in [-0.3, -0.25) is 9.59 Å². The fourth-order valence-corrected chi connectivity index (χ4v) is 3.70. The Morgan fingerprint density at radius 2 is 2.17 bits per heavy atom. The molecule has 2 atom stereocenters. The predicted molar refractivity (Wildman–Crippen MR) is 93.4 cm³/mol. The molecule has 24 heavy (non-hydrogen) atoms. The molecule has 126 valence electrons. The van der Waals surface area contributed by atoms with Crippen molar-refractivity contribution in [1.82, 2.24) is 15.2 Å². The second-order valence-electron chi connectivity index (χ2n) is 6.13. The third-order valence-electron chi connectivity index (χ3n) is 4.36. The highest BCUT2D eigenvalue weighted by molar-refractivity contribution is 7.09. The van der Waals surface area contributed by atoms with E-state index < -0.39 is 0 Å². The van der Waals surface area contributed by atoms with E-state index in [1.54, 1.807) is 4.90 Å². The van der Waals surface area contributed by atoms with Crippen LogP contribution >= 0.6 is 11.3 Å². The number of nitrogens with one attached hydrogen (secondary N) is 1. The van der Waals surface area contributed by atoms with Crippen LogP contribution in [-0.2, 0) is 16.1 Å². The lowest BCUT2D eigenvalue weighted by atomic mass is 10.1. The lowest BCUT2D eigenvalue weighted by Crippen LogP contribution is -2.33. The highest BCUT2D eigenvalue weighted by Gasteiger charge is 2.36. The molecule has 5 nitrogen and oxygen atoms in total. The first kappa shape index (κ1) is 16.6. The van der Waals surface area contributed by atoms with Gasteiger partial charge >= 0.3 is 0 Å². The Morgan fingerprint density at radius 3 is 2.83 bits per heavy atom. The Hall–Kier alpha value is -2.21. The standard InChI is InChI=1S/C18H21N3O2S/c1-12-11-24-16(20-12)9-19-18(23)15-8-17(22)21(10-15)13(2)14-6-4-3-5-7-14/h3-7,11,13,15H,8-10H2,1-2H3,(H,19,23). The number of carbonyl (C=O) groups excluding carboxylic acids is 2. The Kier molecular flexibility index (Phi) is 4.94. The van der Waals surface area contributed by atoms with E-state index >= 15 is 0 Å². The minimum absolute atomic E-state index is 0.0156. The van der Waals surface area contributed by atoms with Crippen molar-refractivity contribution >= 4 is 23.2 Å². The second kappa shape index (κ2) is 7.13. The van der Waals surface area contributed by atoms with Gasteiger partial charge in [-0.05, 0) is 19.4 Å². The summed E-state index contributed by atoms with van der Waals surface area (Å²) in [5.74, 6) is -0.319. The maximum absolute atomic E-state index is 12.4. The van der Waals surface area contributed by atoms with E-state index in [0.29, 0.717) is 13.1 Å². The Balaban J connectivity index is 1.58. The Labute approximate surface area is 145 Å². The number of benzene rings is 1. The van der Waals surface area contributed by atoms with E-state index in [9.17, 15) is 9.59 Å². The van der Waals surface area contributed by atoms with E-state index in [1.807, 2.05) is 49.6 Å². The summed E-state index contributed by atoms with van der Waals surface area (Å²) in [5.41, 5.74) is 2.05. The first-order chi connectivity index (χ1) is 11.5. The highest BCUT2D eigenvalue weighted by atomic mass is 32.1. The average Bonchev–Trinajstić information content (AvgIpc) is 3.18. The molecule has 1 aromatic heterocycles. The molecule has 1 aliphatic rings. The SMILES string of the molecule is Cc1csc(CNC(=O)C2CC(=O)N(C(C)c3ccccc3)C2)n1. The molecular formula is C18H21N3O2S. The number of rotatable bonds is 5. The number of likely N-dealkylation sites (tertiary alicyclic amines) is 1. The normalized spacial score (nSPS) is 18.7. The second-order valence-corrected chi connectivity index (χ2v) is 7.08. The van der Waals surface area contributed by atoms with E-state index in [2.05, 4.69) is 10.3 Å². The molecule has 3 rings (SSSR count). The Morgan fingerprint density at radius 1 is 1.42 bits per heavy atom. The number of aryl methyl sites for hydroxylation is 1.